The summed E-state index contributed by atoms with van der Waals surface area (Å²) in [5.74, 6) is 0.422. The Hall–Kier alpha value is -4.38. The van der Waals surface area contributed by atoms with Crippen LogP contribution in [0, 0.1) is 0 Å². The molecular weight excluding hydrogens is 412 g/mol. The van der Waals surface area contributed by atoms with Gasteiger partial charge in [0.15, 0.2) is 5.58 Å². The number of rotatable bonds is 6. The molecule has 5 heteroatoms. The minimum Gasteiger partial charge on any atom is -0.495 e. The number of ether oxygens (including phenoxy) is 1. The number of hydrogen-bond donors (Lipinski definition) is 1. The number of nitrogens with zero attached hydrogens (tertiary/aromatic N) is 1. The van der Waals surface area contributed by atoms with Gasteiger partial charge >= 0.3 is 0 Å². The first-order chi connectivity index (χ1) is 16.2. The van der Waals surface area contributed by atoms with Gasteiger partial charge in [-0.05, 0) is 41.5 Å². The lowest BCUT2D eigenvalue weighted by atomic mass is 9.90. The minimum absolute atomic E-state index is 0.152. The lowest BCUT2D eigenvalue weighted by molar-refractivity contribution is -0.116. The van der Waals surface area contributed by atoms with Crippen LogP contribution in [0.15, 0.2) is 108 Å². The van der Waals surface area contributed by atoms with Crippen LogP contribution in [0.5, 0.6) is 5.75 Å². The van der Waals surface area contributed by atoms with E-state index in [-0.39, 0.29) is 5.91 Å². The SMILES string of the molecule is COc1ccc(-c2nc3ccccc3o2)cc1NC(=O)C(c1ccccc1)c1ccccc1. The maximum absolute atomic E-state index is 13.6. The van der Waals surface area contributed by atoms with Gasteiger partial charge in [0.25, 0.3) is 0 Å². The minimum atomic E-state index is -0.468. The molecule has 0 aliphatic heterocycles. The quantitative estimate of drug-likeness (QED) is 0.342. The Morgan fingerprint density at radius 2 is 1.48 bits per heavy atom. The lowest BCUT2D eigenvalue weighted by Crippen LogP contribution is -2.22. The molecule has 1 aromatic heterocycles. The van der Waals surface area contributed by atoms with Crippen molar-refractivity contribution >= 4 is 22.7 Å². The molecule has 0 saturated carbocycles. The van der Waals surface area contributed by atoms with Crippen LogP contribution in [0.3, 0.4) is 0 Å². The fourth-order valence-electron chi connectivity index (χ4n) is 3.93. The summed E-state index contributed by atoms with van der Waals surface area (Å²) >= 11 is 0. The molecule has 0 atom stereocenters. The molecule has 0 bridgehead atoms. The third-order valence-corrected chi connectivity index (χ3v) is 5.53. The molecule has 0 unspecified atom stereocenters. The second kappa shape index (κ2) is 9.01. The van der Waals surface area contributed by atoms with Gasteiger partial charge in [-0.2, -0.15) is 0 Å². The number of para-hydroxylation sites is 2. The number of carbonyl (C=O) groups excluding carboxylic acids is 1. The lowest BCUT2D eigenvalue weighted by Gasteiger charge is -2.19. The zero-order valence-electron chi connectivity index (χ0n) is 18.1. The largest absolute Gasteiger partial charge is 0.495 e. The number of amides is 1. The number of anilines is 1. The predicted octanol–water partition coefficient (Wildman–Crippen LogP) is 6.27. The van der Waals surface area contributed by atoms with Gasteiger partial charge in [-0.15, -0.1) is 0 Å². The van der Waals surface area contributed by atoms with Gasteiger partial charge in [0.05, 0.1) is 18.7 Å². The van der Waals surface area contributed by atoms with E-state index in [2.05, 4.69) is 10.3 Å². The highest BCUT2D eigenvalue weighted by Crippen LogP contribution is 2.34. The molecule has 5 nitrogen and oxygen atoms in total. The Kier molecular flexibility index (Phi) is 5.60. The molecule has 1 amide bonds. The Balaban J connectivity index is 1.51. The van der Waals surface area contributed by atoms with Crippen molar-refractivity contribution in [1.82, 2.24) is 4.98 Å². The van der Waals surface area contributed by atoms with Crippen LogP contribution in [0.1, 0.15) is 17.0 Å². The first-order valence-electron chi connectivity index (χ1n) is 10.7. The number of aromatic nitrogens is 1. The zero-order chi connectivity index (χ0) is 22.6. The van der Waals surface area contributed by atoms with E-state index >= 15 is 0 Å². The van der Waals surface area contributed by atoms with Crippen molar-refractivity contribution < 1.29 is 13.9 Å². The fourth-order valence-corrected chi connectivity index (χ4v) is 3.93. The molecule has 0 spiro atoms. The first-order valence-corrected chi connectivity index (χ1v) is 10.7. The predicted molar refractivity (Wildman–Crippen MR) is 129 cm³/mol. The maximum Gasteiger partial charge on any atom is 0.236 e. The first kappa shape index (κ1) is 20.5. The fraction of sp³-hybridized carbons (Fsp3) is 0.0714. The van der Waals surface area contributed by atoms with E-state index in [1.165, 1.54) is 0 Å². The standard InChI is InChI=1S/C28H22N2O3/c1-32-24-17-16-21(28-30-22-14-8-9-15-25(22)33-28)18-23(24)29-27(31)26(19-10-4-2-5-11-19)20-12-6-3-7-13-20/h2-18,26H,1H3,(H,29,31). The number of fused-ring (bicyclic) bond motifs is 1. The van der Waals surface area contributed by atoms with Crippen molar-refractivity contribution in [2.45, 2.75) is 5.92 Å². The number of hydrogen-bond acceptors (Lipinski definition) is 4. The summed E-state index contributed by atoms with van der Waals surface area (Å²) in [5, 5.41) is 3.07. The average molecular weight is 434 g/mol. The molecular formula is C28H22N2O3. The van der Waals surface area contributed by atoms with Crippen molar-refractivity contribution in [3.63, 3.8) is 0 Å². The van der Waals surface area contributed by atoms with Crippen molar-refractivity contribution in [2.24, 2.45) is 0 Å². The molecule has 4 aromatic carbocycles. The van der Waals surface area contributed by atoms with Gasteiger partial charge in [0.2, 0.25) is 11.8 Å². The molecule has 5 rings (SSSR count). The molecule has 0 fully saturated rings. The zero-order valence-corrected chi connectivity index (χ0v) is 18.1. The smallest absolute Gasteiger partial charge is 0.236 e. The number of methoxy groups -OCH3 is 1. The van der Waals surface area contributed by atoms with Crippen molar-refractivity contribution in [2.75, 3.05) is 12.4 Å². The van der Waals surface area contributed by atoms with Gasteiger partial charge in [-0.25, -0.2) is 4.98 Å². The highest BCUT2D eigenvalue weighted by atomic mass is 16.5. The van der Waals surface area contributed by atoms with Crippen molar-refractivity contribution in [3.8, 4) is 17.2 Å². The van der Waals surface area contributed by atoms with Crippen LogP contribution in [0.2, 0.25) is 0 Å². The van der Waals surface area contributed by atoms with Crippen molar-refractivity contribution in [3.05, 3.63) is 114 Å². The van der Waals surface area contributed by atoms with Gasteiger partial charge in [0, 0.05) is 5.56 Å². The van der Waals surface area contributed by atoms with Gasteiger partial charge in [-0.3, -0.25) is 4.79 Å². The maximum atomic E-state index is 13.6. The van der Waals surface area contributed by atoms with E-state index < -0.39 is 5.92 Å². The highest BCUT2D eigenvalue weighted by molar-refractivity contribution is 5.99. The van der Waals surface area contributed by atoms with E-state index in [4.69, 9.17) is 9.15 Å². The summed E-state index contributed by atoms with van der Waals surface area (Å²) in [6, 6.07) is 32.6. The molecule has 0 aliphatic carbocycles. The summed E-state index contributed by atoms with van der Waals surface area (Å²) in [5.41, 5.74) is 4.62. The van der Waals surface area contributed by atoms with Crippen LogP contribution in [-0.4, -0.2) is 18.0 Å². The second-order valence-corrected chi connectivity index (χ2v) is 7.65. The number of benzene rings is 4. The van der Waals surface area contributed by atoms with E-state index in [1.807, 2.05) is 97.1 Å². The number of carbonyl (C=O) groups is 1. The van der Waals surface area contributed by atoms with Crippen LogP contribution in [-0.2, 0) is 4.79 Å². The summed E-state index contributed by atoms with van der Waals surface area (Å²) in [6.45, 7) is 0. The highest BCUT2D eigenvalue weighted by Gasteiger charge is 2.24. The van der Waals surface area contributed by atoms with Crippen LogP contribution in [0.4, 0.5) is 5.69 Å². The van der Waals surface area contributed by atoms with Gasteiger partial charge < -0.3 is 14.5 Å². The van der Waals surface area contributed by atoms with Crippen LogP contribution in [0.25, 0.3) is 22.6 Å². The Morgan fingerprint density at radius 3 is 2.12 bits per heavy atom. The molecule has 33 heavy (non-hydrogen) atoms. The van der Waals surface area contributed by atoms with Gasteiger partial charge in [0.1, 0.15) is 11.3 Å². The molecule has 1 heterocycles. The molecule has 5 aromatic rings. The number of oxazole rings is 1. The molecule has 162 valence electrons. The van der Waals surface area contributed by atoms with E-state index in [0.29, 0.717) is 22.9 Å². The summed E-state index contributed by atoms with van der Waals surface area (Å²) < 4.78 is 11.4. The summed E-state index contributed by atoms with van der Waals surface area (Å²) in [4.78, 5) is 18.1. The van der Waals surface area contributed by atoms with Crippen LogP contribution < -0.4 is 10.1 Å². The third-order valence-electron chi connectivity index (χ3n) is 5.53. The Labute approximate surface area is 191 Å². The van der Waals surface area contributed by atoms with Gasteiger partial charge in [-0.1, -0.05) is 72.8 Å². The number of nitrogens with one attached hydrogen (secondary N) is 1. The molecule has 1 N–H and O–H groups in total. The normalized spacial score (nSPS) is 11.0. The van der Waals surface area contributed by atoms with E-state index in [1.54, 1.807) is 13.2 Å². The Morgan fingerprint density at radius 1 is 0.848 bits per heavy atom. The van der Waals surface area contributed by atoms with E-state index in [9.17, 15) is 4.79 Å². The second-order valence-electron chi connectivity index (χ2n) is 7.65. The summed E-state index contributed by atoms with van der Waals surface area (Å²) in [7, 11) is 1.58. The van der Waals surface area contributed by atoms with Crippen LogP contribution >= 0.6 is 0 Å². The Bertz CT molecular complexity index is 1320. The molecule has 0 radical (unpaired) electrons. The third kappa shape index (κ3) is 4.21. The monoisotopic (exact) mass is 434 g/mol. The van der Waals surface area contributed by atoms with E-state index in [0.717, 1.165) is 22.2 Å². The van der Waals surface area contributed by atoms with Crippen molar-refractivity contribution in [1.29, 1.82) is 0 Å². The molecule has 0 aliphatic rings. The summed E-state index contributed by atoms with van der Waals surface area (Å²) in [6.07, 6.45) is 0. The average Bonchev–Trinajstić information content (AvgIpc) is 3.30. The molecule has 0 saturated heterocycles. The topological polar surface area (TPSA) is 64.4 Å².